The highest BCUT2D eigenvalue weighted by Crippen LogP contribution is 2.47. The second-order valence-electron chi connectivity index (χ2n) is 8.64. The van der Waals surface area contributed by atoms with Gasteiger partial charge in [0.25, 0.3) is 0 Å². The molecule has 0 spiro atoms. The van der Waals surface area contributed by atoms with E-state index in [2.05, 4.69) is 10.0 Å². The lowest BCUT2D eigenvalue weighted by Gasteiger charge is -2.37. The summed E-state index contributed by atoms with van der Waals surface area (Å²) in [6.45, 7) is -0.204. The number of fused-ring (bicyclic) bond motifs is 3. The summed E-state index contributed by atoms with van der Waals surface area (Å²) in [4.78, 5) is 12.6. The van der Waals surface area contributed by atoms with Crippen molar-refractivity contribution in [2.45, 2.75) is 75.2 Å². The summed E-state index contributed by atoms with van der Waals surface area (Å²) in [7, 11) is -3.39. The fourth-order valence-corrected chi connectivity index (χ4v) is 5.46. The number of carbonyl (C=O) groups is 1. The lowest BCUT2D eigenvalue weighted by molar-refractivity contribution is -0.142. The molecule has 3 aliphatic rings. The average molecular weight is 439 g/mol. The van der Waals surface area contributed by atoms with Gasteiger partial charge in [-0.25, -0.2) is 8.42 Å². The molecule has 1 aromatic carbocycles. The van der Waals surface area contributed by atoms with E-state index in [0.717, 1.165) is 37.5 Å². The highest BCUT2D eigenvalue weighted by atomic mass is 32.2. The maximum atomic E-state index is 12.6. The molecule has 166 valence electrons. The zero-order chi connectivity index (χ0) is 21.3. The van der Waals surface area contributed by atoms with E-state index in [1.165, 1.54) is 6.42 Å². The third kappa shape index (κ3) is 4.90. The van der Waals surface area contributed by atoms with Gasteiger partial charge >= 0.3 is 0 Å². The fourth-order valence-electron chi connectivity index (χ4n) is 4.91. The molecule has 1 saturated heterocycles. The molecule has 3 N–H and O–H groups in total. The van der Waals surface area contributed by atoms with Crippen molar-refractivity contribution in [2.75, 3.05) is 17.6 Å². The van der Waals surface area contributed by atoms with Crippen LogP contribution in [-0.4, -0.2) is 56.6 Å². The van der Waals surface area contributed by atoms with Gasteiger partial charge in [0.15, 0.2) is 0 Å². The molecular formula is C21H30N2O6S. The van der Waals surface area contributed by atoms with Gasteiger partial charge in [-0.2, -0.15) is 0 Å². The minimum atomic E-state index is -3.39. The van der Waals surface area contributed by atoms with E-state index < -0.39 is 16.1 Å². The highest BCUT2D eigenvalue weighted by Gasteiger charge is 2.46. The number of ether oxygens (including phenoxy) is 2. The Morgan fingerprint density at radius 1 is 1.23 bits per heavy atom. The van der Waals surface area contributed by atoms with Crippen LogP contribution >= 0.6 is 0 Å². The Labute approximate surface area is 177 Å². The van der Waals surface area contributed by atoms with Gasteiger partial charge in [-0.05, 0) is 37.5 Å². The Morgan fingerprint density at radius 3 is 2.70 bits per heavy atom. The molecule has 0 unspecified atom stereocenters. The Balaban J connectivity index is 1.46. The number of anilines is 1. The van der Waals surface area contributed by atoms with E-state index in [9.17, 15) is 18.3 Å². The zero-order valence-electron chi connectivity index (χ0n) is 17.2. The standard InChI is InChI=1S/C21H30N2O6S/c1-30(26,27)23-14-7-8-18-16(9-14)17-10-15(28-19(12-24)21(17)29-18)11-20(25)22-13-5-3-2-4-6-13/h7-9,13,15,17,19,21,23-24H,2-6,10-12H2,1H3,(H,22,25)/t15-,17-,19+,21+/m0/s1. The van der Waals surface area contributed by atoms with Crippen LogP contribution in [0.4, 0.5) is 5.69 Å². The number of sulfonamides is 1. The number of hydrogen-bond acceptors (Lipinski definition) is 6. The smallest absolute Gasteiger partial charge is 0.229 e. The first kappa shape index (κ1) is 21.4. The molecular weight excluding hydrogens is 408 g/mol. The van der Waals surface area contributed by atoms with Gasteiger partial charge in [-0.3, -0.25) is 9.52 Å². The maximum absolute atomic E-state index is 12.6. The van der Waals surface area contributed by atoms with Crippen molar-refractivity contribution < 1.29 is 27.8 Å². The third-order valence-electron chi connectivity index (χ3n) is 6.19. The number of aliphatic hydroxyl groups is 1. The van der Waals surface area contributed by atoms with Gasteiger partial charge in [0.2, 0.25) is 15.9 Å². The van der Waals surface area contributed by atoms with E-state index in [1.807, 2.05) is 0 Å². The third-order valence-corrected chi connectivity index (χ3v) is 6.79. The van der Waals surface area contributed by atoms with Crippen LogP contribution in [-0.2, 0) is 19.6 Å². The topological polar surface area (TPSA) is 114 Å². The molecule has 9 heteroatoms. The minimum Gasteiger partial charge on any atom is -0.487 e. The molecule has 0 bridgehead atoms. The average Bonchev–Trinajstić information content (AvgIpc) is 3.05. The number of benzene rings is 1. The van der Waals surface area contributed by atoms with Crippen LogP contribution in [0.1, 0.15) is 56.4 Å². The summed E-state index contributed by atoms with van der Waals surface area (Å²) in [5.74, 6) is 0.576. The molecule has 0 aromatic heterocycles. The molecule has 1 aliphatic carbocycles. The number of carbonyl (C=O) groups excluding carboxylic acids is 1. The Kier molecular flexibility index (Phi) is 6.22. The molecule has 1 saturated carbocycles. The minimum absolute atomic E-state index is 0.0197. The van der Waals surface area contributed by atoms with E-state index in [-0.39, 0.29) is 43.1 Å². The predicted molar refractivity (Wildman–Crippen MR) is 112 cm³/mol. The second kappa shape index (κ2) is 8.72. The second-order valence-corrected chi connectivity index (χ2v) is 10.4. The van der Waals surface area contributed by atoms with Crippen LogP contribution in [0, 0.1) is 0 Å². The summed E-state index contributed by atoms with van der Waals surface area (Å²) < 4.78 is 37.7. The summed E-state index contributed by atoms with van der Waals surface area (Å²) in [6, 6.07) is 5.41. The number of hydrogen-bond donors (Lipinski definition) is 3. The van der Waals surface area contributed by atoms with E-state index in [1.54, 1.807) is 18.2 Å². The monoisotopic (exact) mass is 438 g/mol. The normalized spacial score (nSPS) is 28.9. The van der Waals surface area contributed by atoms with Gasteiger partial charge in [0.05, 0.1) is 25.4 Å². The van der Waals surface area contributed by atoms with E-state index >= 15 is 0 Å². The summed E-state index contributed by atoms with van der Waals surface area (Å²) in [6.07, 6.45) is 6.31. The van der Waals surface area contributed by atoms with Crippen LogP contribution in [0.3, 0.4) is 0 Å². The molecule has 2 heterocycles. The first-order chi connectivity index (χ1) is 14.3. The van der Waals surface area contributed by atoms with Crippen molar-refractivity contribution >= 4 is 21.6 Å². The maximum Gasteiger partial charge on any atom is 0.229 e. The van der Waals surface area contributed by atoms with Crippen LogP contribution in [0.2, 0.25) is 0 Å². The van der Waals surface area contributed by atoms with Crippen molar-refractivity contribution in [3.63, 3.8) is 0 Å². The molecule has 1 amide bonds. The largest absolute Gasteiger partial charge is 0.487 e. The van der Waals surface area contributed by atoms with Crippen LogP contribution in [0.5, 0.6) is 5.75 Å². The first-order valence-electron chi connectivity index (χ1n) is 10.7. The highest BCUT2D eigenvalue weighted by molar-refractivity contribution is 7.92. The molecule has 2 aliphatic heterocycles. The number of rotatable bonds is 6. The summed E-state index contributed by atoms with van der Waals surface area (Å²) >= 11 is 0. The summed E-state index contributed by atoms with van der Waals surface area (Å²) in [5.41, 5.74) is 1.35. The molecule has 4 atom stereocenters. The van der Waals surface area contributed by atoms with Crippen molar-refractivity contribution in [2.24, 2.45) is 0 Å². The van der Waals surface area contributed by atoms with Gasteiger partial charge in [0.1, 0.15) is 18.0 Å². The SMILES string of the molecule is CS(=O)(=O)Nc1ccc2c(c1)[C@@H]1C[C@@H](CC(=O)NC3CCCCC3)O[C@H](CO)[C@@H]1O2. The first-order valence-corrected chi connectivity index (χ1v) is 12.6. The lowest BCUT2D eigenvalue weighted by Crippen LogP contribution is -2.48. The molecule has 8 nitrogen and oxygen atoms in total. The molecule has 1 aromatic rings. The summed E-state index contributed by atoms with van der Waals surface area (Å²) in [5, 5.41) is 13.0. The fraction of sp³-hybridized carbons (Fsp3) is 0.667. The number of amides is 1. The van der Waals surface area contributed by atoms with E-state index in [4.69, 9.17) is 9.47 Å². The van der Waals surface area contributed by atoms with E-state index in [0.29, 0.717) is 17.9 Å². The van der Waals surface area contributed by atoms with Gasteiger partial charge in [0, 0.05) is 23.2 Å². The van der Waals surface area contributed by atoms with Crippen molar-refractivity contribution in [3.05, 3.63) is 23.8 Å². The number of aliphatic hydroxyl groups excluding tert-OH is 1. The van der Waals surface area contributed by atoms with Crippen LogP contribution < -0.4 is 14.8 Å². The quantitative estimate of drug-likeness (QED) is 0.625. The Morgan fingerprint density at radius 2 is 2.00 bits per heavy atom. The predicted octanol–water partition coefficient (Wildman–Crippen LogP) is 1.89. The molecule has 30 heavy (non-hydrogen) atoms. The van der Waals surface area contributed by atoms with Crippen molar-refractivity contribution in [3.8, 4) is 5.75 Å². The number of nitrogens with one attached hydrogen (secondary N) is 2. The zero-order valence-corrected chi connectivity index (χ0v) is 18.0. The van der Waals surface area contributed by atoms with Crippen LogP contribution in [0.25, 0.3) is 0 Å². The van der Waals surface area contributed by atoms with Crippen molar-refractivity contribution in [1.29, 1.82) is 0 Å². The Bertz CT molecular complexity index is 883. The molecule has 2 fully saturated rings. The van der Waals surface area contributed by atoms with Gasteiger partial charge in [-0.1, -0.05) is 19.3 Å². The lowest BCUT2D eigenvalue weighted by atomic mass is 9.84. The molecule has 4 rings (SSSR count). The van der Waals surface area contributed by atoms with Gasteiger partial charge in [-0.15, -0.1) is 0 Å². The van der Waals surface area contributed by atoms with Crippen LogP contribution in [0.15, 0.2) is 18.2 Å². The molecule has 0 radical (unpaired) electrons. The van der Waals surface area contributed by atoms with Gasteiger partial charge < -0.3 is 19.9 Å². The Hall–Kier alpha value is -1.84. The van der Waals surface area contributed by atoms with Crippen molar-refractivity contribution in [1.82, 2.24) is 5.32 Å².